The van der Waals surface area contributed by atoms with E-state index in [1.807, 2.05) is 51.9 Å². The number of pyridine rings is 1. The number of nitrogens with zero attached hydrogens (tertiary/aromatic N) is 6. The third-order valence-electron chi connectivity index (χ3n) is 7.27. The molecular formula is C26H31N7O2S. The molecule has 0 unspecified atom stereocenters. The maximum absolute atomic E-state index is 13.2. The summed E-state index contributed by atoms with van der Waals surface area (Å²) in [6.45, 7) is 2.88. The number of nitrogens with two attached hydrogens (primary N) is 1. The van der Waals surface area contributed by atoms with Crippen molar-refractivity contribution in [2.75, 3.05) is 31.9 Å². The average molecular weight is 506 g/mol. The van der Waals surface area contributed by atoms with E-state index in [9.17, 15) is 9.59 Å². The molecule has 188 valence electrons. The first kappa shape index (κ1) is 24.5. The smallest absolute Gasteiger partial charge is 0.238 e. The number of hydrogen-bond donors (Lipinski definition) is 1. The number of hydrogen-bond acceptors (Lipinski definition) is 7. The van der Waals surface area contributed by atoms with Crippen LogP contribution in [0.4, 0.5) is 0 Å². The van der Waals surface area contributed by atoms with Crippen LogP contribution in [0.2, 0.25) is 0 Å². The Kier molecular flexibility index (Phi) is 7.33. The zero-order valence-corrected chi connectivity index (χ0v) is 21.1. The van der Waals surface area contributed by atoms with Crippen LogP contribution >= 0.6 is 11.8 Å². The maximum Gasteiger partial charge on any atom is 0.238 e. The number of likely N-dealkylation sites (tertiary alicyclic amines) is 2. The van der Waals surface area contributed by atoms with Crippen molar-refractivity contribution in [2.45, 2.75) is 42.8 Å². The third kappa shape index (κ3) is 4.87. The summed E-state index contributed by atoms with van der Waals surface area (Å²) in [6.07, 6.45) is 8.01. The Bertz CT molecular complexity index is 1190. The minimum absolute atomic E-state index is 0.0322. The van der Waals surface area contributed by atoms with Gasteiger partial charge in [0, 0.05) is 36.7 Å². The second-order valence-electron chi connectivity index (χ2n) is 9.33. The van der Waals surface area contributed by atoms with Crippen molar-refractivity contribution in [1.82, 2.24) is 29.5 Å². The van der Waals surface area contributed by atoms with Gasteiger partial charge in [-0.2, -0.15) is 0 Å². The molecule has 1 aromatic carbocycles. The molecule has 0 radical (unpaired) electrons. The van der Waals surface area contributed by atoms with E-state index in [0.29, 0.717) is 36.9 Å². The SMILES string of the molecule is NC(=O)C1(N2CCCCC2)CCN(C(=O)CSc2nnc(-c3ccncc3)n2-c2ccccc2)CC1. The molecule has 2 aromatic heterocycles. The topological polar surface area (TPSA) is 110 Å². The molecule has 0 bridgehead atoms. The van der Waals surface area contributed by atoms with Crippen molar-refractivity contribution in [3.63, 3.8) is 0 Å². The zero-order valence-electron chi connectivity index (χ0n) is 20.3. The van der Waals surface area contributed by atoms with Crippen molar-refractivity contribution in [2.24, 2.45) is 5.73 Å². The van der Waals surface area contributed by atoms with E-state index in [1.54, 1.807) is 12.4 Å². The van der Waals surface area contributed by atoms with Crippen LogP contribution in [0.3, 0.4) is 0 Å². The molecule has 2 amide bonds. The molecule has 10 heteroatoms. The van der Waals surface area contributed by atoms with Gasteiger partial charge in [0.25, 0.3) is 0 Å². The van der Waals surface area contributed by atoms with Gasteiger partial charge in [-0.1, -0.05) is 36.4 Å². The summed E-state index contributed by atoms with van der Waals surface area (Å²) in [5.74, 6) is 0.716. The second kappa shape index (κ2) is 10.8. The molecule has 9 nitrogen and oxygen atoms in total. The first-order chi connectivity index (χ1) is 17.6. The molecule has 2 aliphatic rings. The highest BCUT2D eigenvalue weighted by atomic mass is 32.2. The Balaban J connectivity index is 1.28. The number of primary amides is 1. The minimum atomic E-state index is -0.628. The van der Waals surface area contributed by atoms with Gasteiger partial charge >= 0.3 is 0 Å². The van der Waals surface area contributed by atoms with Crippen LogP contribution in [0.5, 0.6) is 0 Å². The Hall–Kier alpha value is -3.24. The number of amides is 2. The number of piperidine rings is 2. The quantitative estimate of drug-likeness (QED) is 0.492. The van der Waals surface area contributed by atoms with E-state index in [1.165, 1.54) is 18.2 Å². The van der Waals surface area contributed by atoms with Crippen LogP contribution in [0.15, 0.2) is 60.0 Å². The highest BCUT2D eigenvalue weighted by molar-refractivity contribution is 7.99. The van der Waals surface area contributed by atoms with Crippen LogP contribution in [-0.4, -0.2) is 78.8 Å². The summed E-state index contributed by atoms with van der Waals surface area (Å²) < 4.78 is 1.97. The van der Waals surface area contributed by atoms with Gasteiger partial charge in [-0.05, 0) is 63.0 Å². The van der Waals surface area contributed by atoms with Crippen molar-refractivity contribution < 1.29 is 9.59 Å². The summed E-state index contributed by atoms with van der Waals surface area (Å²) in [5.41, 5.74) is 7.10. The zero-order chi connectivity index (χ0) is 25.0. The van der Waals surface area contributed by atoms with Crippen LogP contribution in [-0.2, 0) is 9.59 Å². The minimum Gasteiger partial charge on any atom is -0.368 e. The van der Waals surface area contributed by atoms with Gasteiger partial charge in [-0.15, -0.1) is 10.2 Å². The molecule has 36 heavy (non-hydrogen) atoms. The van der Waals surface area contributed by atoms with Gasteiger partial charge < -0.3 is 10.6 Å². The summed E-state index contributed by atoms with van der Waals surface area (Å²) in [6, 6.07) is 13.7. The molecule has 2 N–H and O–H groups in total. The predicted molar refractivity (Wildman–Crippen MR) is 138 cm³/mol. The Morgan fingerprint density at radius 3 is 2.28 bits per heavy atom. The van der Waals surface area contributed by atoms with Crippen LogP contribution in [0.1, 0.15) is 32.1 Å². The van der Waals surface area contributed by atoms with E-state index in [-0.39, 0.29) is 17.6 Å². The number of carbonyl (C=O) groups excluding carboxylic acids is 2. The number of rotatable bonds is 7. The number of carbonyl (C=O) groups is 2. The highest BCUT2D eigenvalue weighted by Crippen LogP contribution is 2.32. The summed E-state index contributed by atoms with van der Waals surface area (Å²) in [5, 5.41) is 9.49. The molecule has 4 heterocycles. The number of thioether (sulfide) groups is 1. The van der Waals surface area contributed by atoms with E-state index in [4.69, 9.17) is 5.73 Å². The van der Waals surface area contributed by atoms with Crippen LogP contribution < -0.4 is 5.73 Å². The highest BCUT2D eigenvalue weighted by Gasteiger charge is 2.45. The van der Waals surface area contributed by atoms with Gasteiger partial charge in [0.2, 0.25) is 11.8 Å². The lowest BCUT2D eigenvalue weighted by molar-refractivity contribution is -0.140. The monoisotopic (exact) mass is 505 g/mol. The van der Waals surface area contributed by atoms with E-state index >= 15 is 0 Å². The number of aromatic nitrogens is 4. The molecular weight excluding hydrogens is 474 g/mol. The molecule has 2 fully saturated rings. The van der Waals surface area contributed by atoms with Crippen LogP contribution in [0.25, 0.3) is 17.1 Å². The molecule has 0 saturated carbocycles. The standard InChI is InChI=1S/C26H31N7O2S/c27-24(35)26(32-15-5-2-6-16-32)11-17-31(18-12-26)22(34)19-36-25-30-29-23(20-9-13-28-14-10-20)33(25)21-7-3-1-4-8-21/h1,3-4,7-10,13-14H,2,5-6,11-12,15-19H2,(H2,27,35). The predicted octanol–water partition coefficient (Wildman–Crippen LogP) is 2.75. The Morgan fingerprint density at radius 2 is 1.61 bits per heavy atom. The lowest BCUT2D eigenvalue weighted by atomic mass is 9.83. The van der Waals surface area contributed by atoms with E-state index in [0.717, 1.165) is 37.2 Å². The Labute approximate surface area is 215 Å². The normalized spacial score (nSPS) is 18.2. The van der Waals surface area contributed by atoms with Crippen molar-refractivity contribution >= 4 is 23.6 Å². The third-order valence-corrected chi connectivity index (χ3v) is 8.19. The lowest BCUT2D eigenvalue weighted by Crippen LogP contribution is -2.63. The fraction of sp³-hybridized carbons (Fsp3) is 0.423. The molecule has 2 saturated heterocycles. The first-order valence-corrected chi connectivity index (χ1v) is 13.4. The second-order valence-corrected chi connectivity index (χ2v) is 10.3. The maximum atomic E-state index is 13.2. The lowest BCUT2D eigenvalue weighted by Gasteiger charge is -2.48. The van der Waals surface area contributed by atoms with Gasteiger partial charge in [0.15, 0.2) is 11.0 Å². The number of para-hydroxylation sites is 1. The molecule has 0 aliphatic carbocycles. The van der Waals surface area contributed by atoms with Gasteiger partial charge in [-0.25, -0.2) is 0 Å². The molecule has 5 rings (SSSR count). The first-order valence-electron chi connectivity index (χ1n) is 12.5. The van der Waals surface area contributed by atoms with Gasteiger partial charge in [0.05, 0.1) is 5.75 Å². The van der Waals surface area contributed by atoms with Crippen molar-refractivity contribution in [1.29, 1.82) is 0 Å². The van der Waals surface area contributed by atoms with Crippen molar-refractivity contribution in [3.05, 3.63) is 54.9 Å². The summed E-state index contributed by atoms with van der Waals surface area (Å²) in [4.78, 5) is 33.9. The van der Waals surface area contributed by atoms with Crippen molar-refractivity contribution in [3.8, 4) is 17.1 Å². The van der Waals surface area contributed by atoms with Gasteiger partial charge in [0.1, 0.15) is 5.54 Å². The molecule has 0 spiro atoms. The Morgan fingerprint density at radius 1 is 0.917 bits per heavy atom. The van der Waals surface area contributed by atoms with E-state index < -0.39 is 5.54 Å². The average Bonchev–Trinajstić information content (AvgIpc) is 3.37. The molecule has 0 atom stereocenters. The fourth-order valence-corrected chi connectivity index (χ4v) is 6.10. The molecule has 3 aromatic rings. The summed E-state index contributed by atoms with van der Waals surface area (Å²) in [7, 11) is 0. The van der Waals surface area contributed by atoms with Gasteiger partial charge in [-0.3, -0.25) is 24.0 Å². The molecule has 2 aliphatic heterocycles. The summed E-state index contributed by atoms with van der Waals surface area (Å²) >= 11 is 1.37. The number of benzene rings is 1. The van der Waals surface area contributed by atoms with E-state index in [2.05, 4.69) is 20.1 Å². The van der Waals surface area contributed by atoms with Crippen LogP contribution in [0, 0.1) is 0 Å². The largest absolute Gasteiger partial charge is 0.368 e. The fourth-order valence-electron chi connectivity index (χ4n) is 5.25.